The minimum absolute atomic E-state index is 0. The first-order valence-electron chi connectivity index (χ1n) is 4.71. The molecule has 94 valence electrons. The highest BCUT2D eigenvalue weighted by molar-refractivity contribution is 5.86. The second-order valence-corrected chi connectivity index (χ2v) is 3.65. The molecule has 2 rings (SSSR count). The van der Waals surface area contributed by atoms with E-state index in [9.17, 15) is 0 Å². The summed E-state index contributed by atoms with van der Waals surface area (Å²) in [6.45, 7) is 3.13. The van der Waals surface area contributed by atoms with Gasteiger partial charge in [0.05, 0.1) is 0 Å². The van der Waals surface area contributed by atoms with Crippen LogP contribution in [0.15, 0.2) is 24.5 Å². The molecular weight excluding hydrogens is 268 g/mol. The number of nitrogens with two attached hydrogens (primary N) is 1. The summed E-state index contributed by atoms with van der Waals surface area (Å²) in [5.74, 6) is 0. The molecule has 1 saturated heterocycles. The summed E-state index contributed by atoms with van der Waals surface area (Å²) in [5.41, 5.74) is 7.10. The molecule has 0 aliphatic carbocycles. The van der Waals surface area contributed by atoms with Gasteiger partial charge in [0.1, 0.15) is 0 Å². The largest absolute Gasteiger partial charge is 0.326 e. The second-order valence-electron chi connectivity index (χ2n) is 3.65. The van der Waals surface area contributed by atoms with E-state index in [1.54, 1.807) is 6.20 Å². The number of hydrogen-bond acceptors (Lipinski definition) is 3. The van der Waals surface area contributed by atoms with Crippen molar-refractivity contribution < 1.29 is 0 Å². The first-order valence-corrected chi connectivity index (χ1v) is 4.71. The van der Waals surface area contributed by atoms with E-state index < -0.39 is 0 Å². The maximum Gasteiger partial charge on any atom is 0.0312 e. The fourth-order valence-corrected chi connectivity index (χ4v) is 1.76. The Morgan fingerprint density at radius 3 is 2.62 bits per heavy atom. The lowest BCUT2D eigenvalue weighted by Gasteiger charge is -2.14. The molecule has 0 unspecified atom stereocenters. The molecule has 6 heteroatoms. The Balaban J connectivity index is 0. The summed E-state index contributed by atoms with van der Waals surface area (Å²) in [7, 11) is 0. The molecule has 2 heterocycles. The molecule has 3 nitrogen and oxygen atoms in total. The van der Waals surface area contributed by atoms with Crippen LogP contribution in [0.25, 0.3) is 0 Å². The molecule has 0 amide bonds. The molecule has 16 heavy (non-hydrogen) atoms. The third-order valence-corrected chi connectivity index (χ3v) is 2.44. The third kappa shape index (κ3) is 5.32. The van der Waals surface area contributed by atoms with Crippen molar-refractivity contribution in [1.82, 2.24) is 9.88 Å². The van der Waals surface area contributed by atoms with Gasteiger partial charge < -0.3 is 5.73 Å². The minimum Gasteiger partial charge on any atom is -0.326 e. The maximum atomic E-state index is 5.82. The van der Waals surface area contributed by atoms with Crippen LogP contribution in [0.3, 0.4) is 0 Å². The highest BCUT2D eigenvalue weighted by atomic mass is 35.5. The topological polar surface area (TPSA) is 42.1 Å². The lowest BCUT2D eigenvalue weighted by Crippen LogP contribution is -2.26. The molecule has 0 saturated carbocycles. The minimum atomic E-state index is 0. The zero-order valence-corrected chi connectivity index (χ0v) is 11.4. The fourth-order valence-electron chi connectivity index (χ4n) is 1.76. The van der Waals surface area contributed by atoms with Gasteiger partial charge in [0.25, 0.3) is 0 Å². The van der Waals surface area contributed by atoms with Crippen LogP contribution in [0, 0.1) is 0 Å². The summed E-state index contributed by atoms with van der Waals surface area (Å²) in [6, 6.07) is 4.46. The summed E-state index contributed by atoms with van der Waals surface area (Å²) in [5, 5.41) is 0. The molecular formula is C10H18Cl3N3. The number of aromatic nitrogens is 1. The van der Waals surface area contributed by atoms with Gasteiger partial charge >= 0.3 is 0 Å². The predicted molar refractivity (Wildman–Crippen MR) is 73.9 cm³/mol. The van der Waals surface area contributed by atoms with Crippen LogP contribution in [-0.2, 0) is 6.54 Å². The van der Waals surface area contributed by atoms with E-state index in [1.807, 2.05) is 12.3 Å². The Hall–Kier alpha value is -0.0600. The van der Waals surface area contributed by atoms with Crippen molar-refractivity contribution in [3.05, 3.63) is 30.1 Å². The molecule has 1 atom stereocenters. The van der Waals surface area contributed by atoms with Gasteiger partial charge in [0.15, 0.2) is 0 Å². The second kappa shape index (κ2) is 9.02. The van der Waals surface area contributed by atoms with Crippen LogP contribution in [0.5, 0.6) is 0 Å². The molecule has 0 radical (unpaired) electrons. The molecule has 0 spiro atoms. The van der Waals surface area contributed by atoms with Crippen molar-refractivity contribution in [1.29, 1.82) is 0 Å². The zero-order valence-electron chi connectivity index (χ0n) is 8.91. The molecule has 0 bridgehead atoms. The number of pyridine rings is 1. The lowest BCUT2D eigenvalue weighted by molar-refractivity contribution is 0.326. The highest BCUT2D eigenvalue weighted by Crippen LogP contribution is 2.10. The molecule has 1 aromatic heterocycles. The van der Waals surface area contributed by atoms with Crippen molar-refractivity contribution >= 4 is 37.2 Å². The number of rotatable bonds is 2. The average Bonchev–Trinajstić information content (AvgIpc) is 2.53. The van der Waals surface area contributed by atoms with Gasteiger partial charge in [-0.25, -0.2) is 0 Å². The number of nitrogens with zero attached hydrogens (tertiary/aromatic N) is 2. The van der Waals surface area contributed by atoms with E-state index >= 15 is 0 Å². The van der Waals surface area contributed by atoms with Gasteiger partial charge in [-0.05, 0) is 18.1 Å². The Morgan fingerprint density at radius 1 is 1.38 bits per heavy atom. The van der Waals surface area contributed by atoms with E-state index in [4.69, 9.17) is 5.73 Å². The van der Waals surface area contributed by atoms with E-state index in [2.05, 4.69) is 16.0 Å². The lowest BCUT2D eigenvalue weighted by atomic mass is 10.3. The van der Waals surface area contributed by atoms with Crippen molar-refractivity contribution in [2.24, 2.45) is 5.73 Å². The normalized spacial score (nSPS) is 19.2. The van der Waals surface area contributed by atoms with Gasteiger partial charge in [-0.3, -0.25) is 9.88 Å². The standard InChI is InChI=1S/C10H15N3.3ClH/c11-10-3-5-13(8-10)7-9-2-1-4-12-6-9;;;/h1-2,4,6,10H,3,5,7-8,11H2;3*1H/t10-;;;/m0.../s1. The zero-order chi connectivity index (χ0) is 9.10. The third-order valence-electron chi connectivity index (χ3n) is 2.44. The number of likely N-dealkylation sites (tertiary alicyclic amines) is 1. The smallest absolute Gasteiger partial charge is 0.0312 e. The van der Waals surface area contributed by atoms with Gasteiger partial charge in [-0.1, -0.05) is 6.07 Å². The van der Waals surface area contributed by atoms with E-state index in [0.29, 0.717) is 6.04 Å². The number of halogens is 3. The van der Waals surface area contributed by atoms with Crippen LogP contribution in [0.4, 0.5) is 0 Å². The van der Waals surface area contributed by atoms with E-state index in [-0.39, 0.29) is 37.2 Å². The van der Waals surface area contributed by atoms with Gasteiger partial charge in [0, 0.05) is 38.1 Å². The number of hydrogen-bond donors (Lipinski definition) is 1. The van der Waals surface area contributed by atoms with Crippen LogP contribution in [-0.4, -0.2) is 29.0 Å². The molecule has 0 aromatic carbocycles. The van der Waals surface area contributed by atoms with E-state index in [0.717, 1.165) is 26.1 Å². The molecule has 2 N–H and O–H groups in total. The van der Waals surface area contributed by atoms with Crippen LogP contribution >= 0.6 is 37.2 Å². The molecule has 1 aliphatic heterocycles. The van der Waals surface area contributed by atoms with Gasteiger partial charge in [0.2, 0.25) is 0 Å². The summed E-state index contributed by atoms with van der Waals surface area (Å²) < 4.78 is 0. The SMILES string of the molecule is Cl.Cl.Cl.N[C@H]1CCN(Cc2cccnc2)C1. The Bertz CT molecular complexity index is 271. The van der Waals surface area contributed by atoms with Crippen molar-refractivity contribution in [2.75, 3.05) is 13.1 Å². The Kier molecular flexibility index (Phi) is 10.3. The Morgan fingerprint density at radius 2 is 2.12 bits per heavy atom. The van der Waals surface area contributed by atoms with E-state index in [1.165, 1.54) is 5.56 Å². The van der Waals surface area contributed by atoms with Gasteiger partial charge in [-0.2, -0.15) is 0 Å². The predicted octanol–water partition coefficient (Wildman–Crippen LogP) is 1.88. The Labute approximate surface area is 115 Å². The molecule has 1 aromatic rings. The highest BCUT2D eigenvalue weighted by Gasteiger charge is 2.18. The van der Waals surface area contributed by atoms with Crippen molar-refractivity contribution in [2.45, 2.75) is 19.0 Å². The van der Waals surface area contributed by atoms with Crippen LogP contribution in [0.1, 0.15) is 12.0 Å². The monoisotopic (exact) mass is 285 g/mol. The first-order chi connectivity index (χ1) is 6.34. The fraction of sp³-hybridized carbons (Fsp3) is 0.500. The quantitative estimate of drug-likeness (QED) is 0.903. The van der Waals surface area contributed by atoms with Crippen molar-refractivity contribution in [3.63, 3.8) is 0 Å². The summed E-state index contributed by atoms with van der Waals surface area (Å²) in [4.78, 5) is 6.46. The molecule has 1 fully saturated rings. The summed E-state index contributed by atoms with van der Waals surface area (Å²) >= 11 is 0. The van der Waals surface area contributed by atoms with Crippen molar-refractivity contribution in [3.8, 4) is 0 Å². The van der Waals surface area contributed by atoms with Crippen LogP contribution in [0.2, 0.25) is 0 Å². The first kappa shape index (κ1) is 18.3. The average molecular weight is 287 g/mol. The maximum absolute atomic E-state index is 5.82. The van der Waals surface area contributed by atoms with Gasteiger partial charge in [-0.15, -0.1) is 37.2 Å². The molecule has 1 aliphatic rings. The van der Waals surface area contributed by atoms with Crippen LogP contribution < -0.4 is 5.73 Å². The summed E-state index contributed by atoms with van der Waals surface area (Å²) in [6.07, 6.45) is 4.85.